The molecule has 0 nitrogen and oxygen atoms in total. The summed E-state index contributed by atoms with van der Waals surface area (Å²) in [5.41, 5.74) is 0. The van der Waals surface area contributed by atoms with Crippen molar-refractivity contribution < 1.29 is 8.78 Å². The van der Waals surface area contributed by atoms with Gasteiger partial charge in [-0.15, -0.1) is 0 Å². The molecule has 0 unspecified atom stereocenters. The van der Waals surface area contributed by atoms with Crippen LogP contribution in [0, 0.1) is 11.8 Å². The van der Waals surface area contributed by atoms with Gasteiger partial charge < -0.3 is 0 Å². The van der Waals surface area contributed by atoms with Crippen LogP contribution in [0.4, 0.5) is 8.78 Å². The number of unbranched alkanes of at least 4 members (excludes halogenated alkanes) is 2. The van der Waals surface area contributed by atoms with Crippen LogP contribution in [-0.2, 0) is 0 Å². The Morgan fingerprint density at radius 3 is 2.33 bits per heavy atom. The standard InChI is InChI=1S/C13H22F2/c1-2-3-4-5-11-6-8-12(9-7-11)10-13(14)15/h10-12H,2-9H2,1H3. The van der Waals surface area contributed by atoms with Crippen LogP contribution in [0.15, 0.2) is 12.2 Å². The van der Waals surface area contributed by atoms with Crippen molar-refractivity contribution in [2.45, 2.75) is 58.3 Å². The first-order valence-electron chi connectivity index (χ1n) is 6.25. The number of hydrogen-bond donors (Lipinski definition) is 0. The Morgan fingerprint density at radius 1 is 1.13 bits per heavy atom. The molecule has 1 aliphatic carbocycles. The Morgan fingerprint density at radius 2 is 1.80 bits per heavy atom. The maximum absolute atomic E-state index is 12.0. The Bertz CT molecular complexity index is 187. The van der Waals surface area contributed by atoms with E-state index in [0.29, 0.717) is 0 Å². The summed E-state index contributed by atoms with van der Waals surface area (Å²) in [6.07, 6.45) is 9.11. The summed E-state index contributed by atoms with van der Waals surface area (Å²) >= 11 is 0. The van der Waals surface area contributed by atoms with Crippen molar-refractivity contribution in [2.24, 2.45) is 11.8 Å². The molecule has 88 valence electrons. The van der Waals surface area contributed by atoms with Crippen molar-refractivity contribution in [1.82, 2.24) is 0 Å². The quantitative estimate of drug-likeness (QED) is 0.557. The first kappa shape index (κ1) is 12.7. The van der Waals surface area contributed by atoms with Crippen molar-refractivity contribution in [2.75, 3.05) is 0 Å². The second-order valence-corrected chi connectivity index (χ2v) is 4.73. The molecule has 0 heterocycles. The van der Waals surface area contributed by atoms with Crippen molar-refractivity contribution >= 4 is 0 Å². The van der Waals surface area contributed by atoms with Crippen LogP contribution in [0.5, 0.6) is 0 Å². The van der Waals surface area contributed by atoms with Crippen molar-refractivity contribution in [3.8, 4) is 0 Å². The molecule has 2 heteroatoms. The van der Waals surface area contributed by atoms with E-state index in [1.54, 1.807) is 0 Å². The van der Waals surface area contributed by atoms with Crippen LogP contribution in [0.25, 0.3) is 0 Å². The van der Waals surface area contributed by atoms with Crippen LogP contribution in [0.2, 0.25) is 0 Å². The average Bonchev–Trinajstić information content (AvgIpc) is 2.20. The second kappa shape index (κ2) is 6.97. The predicted octanol–water partition coefficient (Wildman–Crippen LogP) is 5.15. The minimum Gasteiger partial charge on any atom is -0.174 e. The third-order valence-electron chi connectivity index (χ3n) is 3.47. The highest BCUT2D eigenvalue weighted by Gasteiger charge is 2.19. The van der Waals surface area contributed by atoms with E-state index in [4.69, 9.17) is 0 Å². The van der Waals surface area contributed by atoms with Gasteiger partial charge >= 0.3 is 0 Å². The van der Waals surface area contributed by atoms with Gasteiger partial charge in [0, 0.05) is 0 Å². The molecule has 0 bridgehead atoms. The van der Waals surface area contributed by atoms with Crippen LogP contribution < -0.4 is 0 Å². The molecule has 0 aromatic heterocycles. The monoisotopic (exact) mass is 216 g/mol. The molecule has 0 radical (unpaired) electrons. The molecule has 0 aromatic carbocycles. The van der Waals surface area contributed by atoms with Gasteiger partial charge in [0.05, 0.1) is 0 Å². The third kappa shape index (κ3) is 5.29. The predicted molar refractivity (Wildman–Crippen MR) is 59.9 cm³/mol. The van der Waals surface area contributed by atoms with E-state index in [2.05, 4.69) is 6.92 Å². The van der Waals surface area contributed by atoms with Crippen molar-refractivity contribution in [1.29, 1.82) is 0 Å². The van der Waals surface area contributed by atoms with Gasteiger partial charge in [0.25, 0.3) is 6.08 Å². The lowest BCUT2D eigenvalue weighted by Gasteiger charge is -2.26. The molecule has 0 N–H and O–H groups in total. The van der Waals surface area contributed by atoms with Gasteiger partial charge in [-0.3, -0.25) is 0 Å². The molecule has 0 aromatic rings. The van der Waals surface area contributed by atoms with Gasteiger partial charge in [0.15, 0.2) is 0 Å². The maximum Gasteiger partial charge on any atom is 0.266 e. The molecule has 0 saturated heterocycles. The van der Waals surface area contributed by atoms with Gasteiger partial charge in [-0.05, 0) is 43.6 Å². The van der Waals surface area contributed by atoms with Gasteiger partial charge in [-0.25, -0.2) is 0 Å². The minimum atomic E-state index is -1.50. The van der Waals surface area contributed by atoms with E-state index < -0.39 is 6.08 Å². The second-order valence-electron chi connectivity index (χ2n) is 4.73. The topological polar surface area (TPSA) is 0 Å². The zero-order valence-electron chi connectivity index (χ0n) is 9.64. The Balaban J connectivity index is 2.15. The van der Waals surface area contributed by atoms with Gasteiger partial charge in [-0.2, -0.15) is 8.78 Å². The molecular weight excluding hydrogens is 194 g/mol. The van der Waals surface area contributed by atoms with Crippen LogP contribution >= 0.6 is 0 Å². The first-order chi connectivity index (χ1) is 7.22. The summed E-state index contributed by atoms with van der Waals surface area (Å²) in [6, 6.07) is 0. The smallest absolute Gasteiger partial charge is 0.174 e. The summed E-state index contributed by atoms with van der Waals surface area (Å²) in [5, 5.41) is 0. The maximum atomic E-state index is 12.0. The zero-order chi connectivity index (χ0) is 11.1. The Hall–Kier alpha value is -0.400. The van der Waals surface area contributed by atoms with E-state index in [1.807, 2.05) is 0 Å². The molecule has 0 atom stereocenters. The normalized spacial score (nSPS) is 26.3. The van der Waals surface area contributed by atoms with Gasteiger partial charge in [0.2, 0.25) is 0 Å². The number of allylic oxidation sites excluding steroid dienone is 1. The van der Waals surface area contributed by atoms with Gasteiger partial charge in [-0.1, -0.05) is 32.6 Å². The fourth-order valence-corrected chi connectivity index (χ4v) is 2.50. The Kier molecular flexibility index (Phi) is 5.89. The fourth-order valence-electron chi connectivity index (χ4n) is 2.50. The molecule has 15 heavy (non-hydrogen) atoms. The van der Waals surface area contributed by atoms with E-state index >= 15 is 0 Å². The van der Waals surface area contributed by atoms with Crippen molar-refractivity contribution in [3.05, 3.63) is 12.2 Å². The van der Waals surface area contributed by atoms with E-state index in [9.17, 15) is 8.78 Å². The van der Waals surface area contributed by atoms with Crippen LogP contribution in [0.1, 0.15) is 58.3 Å². The SMILES string of the molecule is CCCCCC1CCC(C=C(F)F)CC1. The number of rotatable bonds is 5. The molecule has 1 rings (SSSR count). The lowest BCUT2D eigenvalue weighted by Crippen LogP contribution is -2.13. The summed E-state index contributed by atoms with van der Waals surface area (Å²) < 4.78 is 24.1. The lowest BCUT2D eigenvalue weighted by molar-refractivity contribution is 0.282. The molecule has 1 saturated carbocycles. The first-order valence-corrected chi connectivity index (χ1v) is 6.25. The summed E-state index contributed by atoms with van der Waals surface area (Å²) in [6.45, 7) is 2.21. The molecule has 1 aliphatic rings. The number of hydrogen-bond acceptors (Lipinski definition) is 0. The number of halogens is 2. The van der Waals surface area contributed by atoms with E-state index in [0.717, 1.165) is 37.7 Å². The average molecular weight is 216 g/mol. The molecule has 0 spiro atoms. The highest BCUT2D eigenvalue weighted by Crippen LogP contribution is 2.33. The van der Waals surface area contributed by atoms with Crippen LogP contribution in [-0.4, -0.2) is 0 Å². The lowest BCUT2D eigenvalue weighted by atomic mass is 9.80. The van der Waals surface area contributed by atoms with Crippen molar-refractivity contribution in [3.63, 3.8) is 0 Å². The zero-order valence-corrected chi connectivity index (χ0v) is 9.64. The van der Waals surface area contributed by atoms with Gasteiger partial charge in [0.1, 0.15) is 0 Å². The van der Waals surface area contributed by atoms with E-state index in [-0.39, 0.29) is 5.92 Å². The largest absolute Gasteiger partial charge is 0.266 e. The molecule has 1 fully saturated rings. The van der Waals surface area contributed by atoms with Crippen LogP contribution in [0.3, 0.4) is 0 Å². The molecule has 0 aliphatic heterocycles. The minimum absolute atomic E-state index is 0.150. The fraction of sp³-hybridized carbons (Fsp3) is 0.846. The molecule has 0 amide bonds. The highest BCUT2D eigenvalue weighted by molar-refractivity contribution is 4.90. The summed E-state index contributed by atoms with van der Waals surface area (Å²) in [5.74, 6) is 0.960. The van der Waals surface area contributed by atoms with E-state index in [1.165, 1.54) is 25.7 Å². The summed E-state index contributed by atoms with van der Waals surface area (Å²) in [7, 11) is 0. The Labute approximate surface area is 91.8 Å². The summed E-state index contributed by atoms with van der Waals surface area (Å²) in [4.78, 5) is 0. The molecular formula is C13H22F2. The third-order valence-corrected chi connectivity index (χ3v) is 3.47. The highest BCUT2D eigenvalue weighted by atomic mass is 19.3.